The van der Waals surface area contributed by atoms with Crippen molar-refractivity contribution in [3.8, 4) is 0 Å². The Hall–Kier alpha value is -1.09. The van der Waals surface area contributed by atoms with Crippen molar-refractivity contribution in [2.45, 2.75) is 0 Å². The van der Waals surface area contributed by atoms with Gasteiger partial charge in [-0.25, -0.2) is 19.2 Å². The molecule has 0 aromatic heterocycles. The fourth-order valence-electron chi connectivity index (χ4n) is 0. The Morgan fingerprint density at radius 1 is 0.571 bits per heavy atom. The van der Waals surface area contributed by atoms with E-state index < -0.39 is 23.9 Å². The third kappa shape index (κ3) is 22.4. The first-order chi connectivity index (χ1) is 5.29. The summed E-state index contributed by atoms with van der Waals surface area (Å²) in [4.78, 5) is 36.4. The molecule has 14 heavy (non-hydrogen) atoms. The van der Waals surface area contributed by atoms with Crippen LogP contribution in [0.3, 0.4) is 0 Å². The van der Waals surface area contributed by atoms with Crippen LogP contribution < -0.4 is 0 Å². The van der Waals surface area contributed by atoms with E-state index in [-0.39, 0.29) is 33.8 Å². The molecule has 0 saturated carbocycles. The number of hydrogen-bond donors (Lipinski definition) is 4. The number of carbonyl (C=O) groups is 4. The van der Waals surface area contributed by atoms with Crippen LogP contribution in [0.4, 0.5) is 0 Å². The molecule has 0 aliphatic heterocycles. The molecule has 4 N–H and O–H groups in total. The summed E-state index contributed by atoms with van der Waals surface area (Å²) in [6.07, 6.45) is 0. The number of carboxylic acids is 4. The molecule has 0 heterocycles. The predicted octanol–water partition coefficient (Wildman–Crippen LogP) is -1.69. The van der Waals surface area contributed by atoms with Gasteiger partial charge in [-0.3, -0.25) is 0 Å². The van der Waals surface area contributed by atoms with Gasteiger partial charge >= 0.3 is 23.9 Å². The fourth-order valence-corrected chi connectivity index (χ4v) is 0. The van der Waals surface area contributed by atoms with E-state index in [0.29, 0.717) is 0 Å². The van der Waals surface area contributed by atoms with Gasteiger partial charge in [0.05, 0.1) is 0 Å². The molecule has 8 nitrogen and oxygen atoms in total. The zero-order chi connectivity index (χ0) is 10.3. The van der Waals surface area contributed by atoms with E-state index in [1.807, 2.05) is 0 Å². The quantitative estimate of drug-likeness (QED) is 0.305. The topological polar surface area (TPSA) is 149 Å². The number of carboxylic acid groups (broad SMARTS) is 4. The van der Waals surface area contributed by atoms with Gasteiger partial charge in [0, 0.05) is 33.8 Å². The van der Waals surface area contributed by atoms with Crippen molar-refractivity contribution in [3.05, 3.63) is 0 Å². The Morgan fingerprint density at radius 2 is 0.643 bits per heavy atom. The van der Waals surface area contributed by atoms with Crippen LogP contribution in [0.2, 0.25) is 0 Å². The Labute approximate surface area is 97.6 Å². The van der Waals surface area contributed by atoms with Crippen molar-refractivity contribution in [2.24, 2.45) is 0 Å². The van der Waals surface area contributed by atoms with Crippen LogP contribution >= 0.6 is 0 Å². The molecule has 0 spiro atoms. The average molecular weight is 295 g/mol. The molecule has 0 aromatic carbocycles. The molecular formula is C4H4CoFeO8. The molecule has 0 fully saturated rings. The summed E-state index contributed by atoms with van der Waals surface area (Å²) in [5, 5.41) is 29.6. The zero-order valence-corrected chi connectivity index (χ0v) is 8.25. The van der Waals surface area contributed by atoms with E-state index in [4.69, 9.17) is 39.6 Å². The normalized spacial score (nSPS) is 6.29. The van der Waals surface area contributed by atoms with E-state index >= 15 is 0 Å². The fraction of sp³-hybridized carbons (Fsp3) is 0. The van der Waals surface area contributed by atoms with Gasteiger partial charge in [-0.2, -0.15) is 0 Å². The van der Waals surface area contributed by atoms with Crippen LogP contribution in [0.5, 0.6) is 0 Å². The molecule has 0 amide bonds. The molecule has 0 aromatic rings. The van der Waals surface area contributed by atoms with E-state index in [2.05, 4.69) is 0 Å². The Kier molecular flexibility index (Phi) is 19.6. The molecule has 1 radical (unpaired) electrons. The maximum atomic E-state index is 9.10. The predicted molar refractivity (Wildman–Crippen MR) is 30.5 cm³/mol. The van der Waals surface area contributed by atoms with E-state index in [9.17, 15) is 0 Å². The van der Waals surface area contributed by atoms with Gasteiger partial charge in [-0.05, 0) is 0 Å². The third-order valence-corrected chi connectivity index (χ3v) is 0.366. The molecule has 0 rings (SSSR count). The van der Waals surface area contributed by atoms with Gasteiger partial charge in [0.1, 0.15) is 0 Å². The molecule has 0 atom stereocenters. The molecule has 0 bridgehead atoms. The summed E-state index contributed by atoms with van der Waals surface area (Å²) in [7, 11) is 0. The second kappa shape index (κ2) is 11.9. The van der Waals surface area contributed by atoms with Crippen molar-refractivity contribution in [1.82, 2.24) is 0 Å². The Bertz CT molecular complexity index is 177. The summed E-state index contributed by atoms with van der Waals surface area (Å²) in [6, 6.07) is 0. The van der Waals surface area contributed by atoms with Crippen LogP contribution in [0.15, 0.2) is 0 Å². The zero-order valence-electron chi connectivity index (χ0n) is 6.11. The number of aliphatic carboxylic acids is 4. The second-order valence-electron chi connectivity index (χ2n) is 1.22. The minimum atomic E-state index is -1.82. The van der Waals surface area contributed by atoms with Crippen molar-refractivity contribution in [1.29, 1.82) is 0 Å². The number of hydrogen-bond acceptors (Lipinski definition) is 4. The first-order valence-electron chi connectivity index (χ1n) is 2.21. The molecule has 10 heteroatoms. The first-order valence-corrected chi connectivity index (χ1v) is 2.21. The Morgan fingerprint density at radius 3 is 0.643 bits per heavy atom. The summed E-state index contributed by atoms with van der Waals surface area (Å²) in [5.74, 6) is -7.30. The van der Waals surface area contributed by atoms with Gasteiger partial charge in [-0.1, -0.05) is 0 Å². The van der Waals surface area contributed by atoms with Gasteiger partial charge in [-0.15, -0.1) is 0 Å². The summed E-state index contributed by atoms with van der Waals surface area (Å²) < 4.78 is 0. The second-order valence-corrected chi connectivity index (χ2v) is 1.22. The van der Waals surface area contributed by atoms with Crippen LogP contribution in [0.1, 0.15) is 0 Å². The van der Waals surface area contributed by atoms with Crippen LogP contribution in [-0.2, 0) is 53.0 Å². The SMILES string of the molecule is O=C(O)C(=O)O.O=C(O)C(=O)O.[Co].[Fe]. The van der Waals surface area contributed by atoms with E-state index in [0.717, 1.165) is 0 Å². The van der Waals surface area contributed by atoms with Crippen LogP contribution in [0.25, 0.3) is 0 Å². The molecule has 0 aliphatic carbocycles. The summed E-state index contributed by atoms with van der Waals surface area (Å²) >= 11 is 0. The van der Waals surface area contributed by atoms with E-state index in [1.165, 1.54) is 0 Å². The van der Waals surface area contributed by atoms with Gasteiger partial charge in [0.15, 0.2) is 0 Å². The minimum absolute atomic E-state index is 0. The first kappa shape index (κ1) is 23.1. The van der Waals surface area contributed by atoms with Crippen molar-refractivity contribution in [3.63, 3.8) is 0 Å². The van der Waals surface area contributed by atoms with Crippen molar-refractivity contribution >= 4 is 23.9 Å². The maximum Gasteiger partial charge on any atom is 0.414 e. The van der Waals surface area contributed by atoms with Gasteiger partial charge < -0.3 is 20.4 Å². The standard InChI is InChI=1S/2C2H2O4.Co.Fe/c2*3-1(4)2(5)6;;/h2*(H,3,4)(H,5,6);;. The largest absolute Gasteiger partial charge is 0.473 e. The number of rotatable bonds is 0. The van der Waals surface area contributed by atoms with Crippen LogP contribution in [0, 0.1) is 0 Å². The molecule has 0 aliphatic rings. The van der Waals surface area contributed by atoms with Crippen molar-refractivity contribution < 1.29 is 73.5 Å². The van der Waals surface area contributed by atoms with Gasteiger partial charge in [0.25, 0.3) is 0 Å². The van der Waals surface area contributed by atoms with Gasteiger partial charge in [0.2, 0.25) is 0 Å². The van der Waals surface area contributed by atoms with Crippen molar-refractivity contribution in [2.75, 3.05) is 0 Å². The molecule has 0 saturated heterocycles. The monoisotopic (exact) mass is 295 g/mol. The summed E-state index contributed by atoms with van der Waals surface area (Å²) in [5.41, 5.74) is 0. The van der Waals surface area contributed by atoms with Crippen LogP contribution in [-0.4, -0.2) is 44.3 Å². The molecule has 85 valence electrons. The minimum Gasteiger partial charge on any atom is -0.473 e. The molecule has 0 unspecified atom stereocenters. The maximum absolute atomic E-state index is 9.10. The average Bonchev–Trinajstić information content (AvgIpc) is 1.88. The summed E-state index contributed by atoms with van der Waals surface area (Å²) in [6.45, 7) is 0. The molecular weight excluding hydrogens is 291 g/mol. The Balaban J connectivity index is -0.0000000625. The smallest absolute Gasteiger partial charge is 0.414 e. The third-order valence-electron chi connectivity index (χ3n) is 0.366. The van der Waals surface area contributed by atoms with E-state index in [1.54, 1.807) is 0 Å².